The average Bonchev–Trinajstić information content (AvgIpc) is 2.85. The summed E-state index contributed by atoms with van der Waals surface area (Å²) in [6, 6.07) is 4.57. The van der Waals surface area contributed by atoms with Gasteiger partial charge in [-0.2, -0.15) is 0 Å². The maximum atomic E-state index is 13.0. The van der Waals surface area contributed by atoms with E-state index in [1.54, 1.807) is 6.07 Å². The summed E-state index contributed by atoms with van der Waals surface area (Å²) in [7, 11) is 0. The number of fused-ring (bicyclic) bond motifs is 1. The molecule has 0 atom stereocenters. The highest BCUT2D eigenvalue weighted by Gasteiger charge is 2.21. The van der Waals surface area contributed by atoms with Gasteiger partial charge in [-0.3, -0.25) is 0 Å². The molecule has 0 saturated carbocycles. The highest BCUT2D eigenvalue weighted by molar-refractivity contribution is 5.79. The topological polar surface area (TPSA) is 35.3 Å². The molecule has 3 nitrogen and oxygen atoms in total. The van der Waals surface area contributed by atoms with E-state index in [-0.39, 0.29) is 5.82 Å². The van der Waals surface area contributed by atoms with Crippen LogP contribution in [-0.2, 0) is 4.74 Å². The average molecular weight is 251 g/mol. The summed E-state index contributed by atoms with van der Waals surface area (Å²) in [5.74, 6) is 0.0858. The van der Waals surface area contributed by atoms with Crippen LogP contribution >= 0.6 is 0 Å². The molecule has 0 N–H and O–H groups in total. The zero-order valence-electron chi connectivity index (χ0n) is 10.8. The van der Waals surface area contributed by atoms with Gasteiger partial charge in [0.1, 0.15) is 5.82 Å². The lowest BCUT2D eigenvalue weighted by atomic mass is 9.94. The molecule has 4 heteroatoms. The Morgan fingerprint density at radius 2 is 1.94 bits per heavy atom. The normalized spacial score (nSPS) is 16.4. The standard InChI is InChI=1S/C12H12FNO2.C2H6/c13-9-1-2-10-11(7-9)16-14-12(10)8-3-5-15-6-4-8;1-2/h1-2,7-8H,3-6H2;1-2H3. The van der Waals surface area contributed by atoms with Crippen LogP contribution in [-0.4, -0.2) is 18.4 Å². The minimum absolute atomic E-state index is 0.290. The first kappa shape index (κ1) is 13.0. The van der Waals surface area contributed by atoms with Gasteiger partial charge >= 0.3 is 0 Å². The lowest BCUT2D eigenvalue weighted by molar-refractivity contribution is 0.0841. The largest absolute Gasteiger partial charge is 0.381 e. The van der Waals surface area contributed by atoms with Crippen LogP contribution in [0.15, 0.2) is 22.7 Å². The van der Waals surface area contributed by atoms with Gasteiger partial charge in [0.15, 0.2) is 5.58 Å². The van der Waals surface area contributed by atoms with Crippen LogP contribution in [0, 0.1) is 5.82 Å². The van der Waals surface area contributed by atoms with Gasteiger partial charge in [-0.1, -0.05) is 19.0 Å². The second-order valence-corrected chi connectivity index (χ2v) is 4.09. The molecule has 1 aliphatic rings. The molecule has 2 heterocycles. The maximum Gasteiger partial charge on any atom is 0.170 e. The van der Waals surface area contributed by atoms with Gasteiger partial charge < -0.3 is 9.26 Å². The second-order valence-electron chi connectivity index (χ2n) is 4.09. The number of nitrogens with zero attached hydrogens (tertiary/aromatic N) is 1. The van der Waals surface area contributed by atoms with Crippen molar-refractivity contribution < 1.29 is 13.7 Å². The van der Waals surface area contributed by atoms with Crippen LogP contribution < -0.4 is 0 Å². The first-order valence-electron chi connectivity index (χ1n) is 6.47. The fourth-order valence-corrected chi connectivity index (χ4v) is 2.20. The number of hydrogen-bond acceptors (Lipinski definition) is 3. The van der Waals surface area contributed by atoms with Crippen LogP contribution in [0.2, 0.25) is 0 Å². The maximum absolute atomic E-state index is 13.0. The van der Waals surface area contributed by atoms with E-state index in [4.69, 9.17) is 9.26 Å². The lowest BCUT2D eigenvalue weighted by Gasteiger charge is -2.19. The molecular weight excluding hydrogens is 233 g/mol. The summed E-state index contributed by atoms with van der Waals surface area (Å²) in [5.41, 5.74) is 1.47. The third-order valence-corrected chi connectivity index (χ3v) is 3.07. The van der Waals surface area contributed by atoms with Gasteiger partial charge in [0, 0.05) is 30.6 Å². The molecule has 98 valence electrons. The van der Waals surface area contributed by atoms with Crippen molar-refractivity contribution in [2.24, 2.45) is 0 Å². The smallest absolute Gasteiger partial charge is 0.170 e. The van der Waals surface area contributed by atoms with Crippen molar-refractivity contribution in [2.45, 2.75) is 32.6 Å². The SMILES string of the molecule is CC.Fc1ccc2c(C3CCOCC3)noc2c1. The van der Waals surface area contributed by atoms with Crippen molar-refractivity contribution in [3.8, 4) is 0 Å². The third kappa shape index (κ3) is 2.53. The van der Waals surface area contributed by atoms with Crippen molar-refractivity contribution in [1.82, 2.24) is 5.16 Å². The van der Waals surface area contributed by atoms with Crippen molar-refractivity contribution in [2.75, 3.05) is 13.2 Å². The number of halogens is 1. The molecule has 1 aliphatic heterocycles. The van der Waals surface area contributed by atoms with E-state index in [2.05, 4.69) is 5.16 Å². The van der Waals surface area contributed by atoms with E-state index in [0.717, 1.165) is 37.1 Å². The number of rotatable bonds is 1. The van der Waals surface area contributed by atoms with Crippen molar-refractivity contribution >= 4 is 11.0 Å². The Morgan fingerprint density at radius 1 is 1.22 bits per heavy atom. The molecule has 0 unspecified atom stereocenters. The number of benzene rings is 1. The van der Waals surface area contributed by atoms with Crippen molar-refractivity contribution in [3.63, 3.8) is 0 Å². The Labute approximate surface area is 106 Å². The van der Waals surface area contributed by atoms with E-state index in [1.165, 1.54) is 12.1 Å². The molecule has 1 fully saturated rings. The first-order chi connectivity index (χ1) is 8.84. The van der Waals surface area contributed by atoms with Gasteiger partial charge in [0.2, 0.25) is 0 Å². The Bertz CT molecular complexity index is 503. The Kier molecular flexibility index (Phi) is 4.31. The van der Waals surface area contributed by atoms with Crippen LogP contribution in [0.5, 0.6) is 0 Å². The fraction of sp³-hybridized carbons (Fsp3) is 0.500. The van der Waals surface area contributed by atoms with Crippen LogP contribution in [0.4, 0.5) is 4.39 Å². The Hall–Kier alpha value is -1.42. The molecule has 3 rings (SSSR count). The van der Waals surface area contributed by atoms with Crippen molar-refractivity contribution in [3.05, 3.63) is 29.7 Å². The molecule has 1 saturated heterocycles. The predicted octanol–water partition coefficient (Wildman–Crippen LogP) is 3.89. The van der Waals surface area contributed by atoms with Gasteiger partial charge in [-0.05, 0) is 25.0 Å². The highest BCUT2D eigenvalue weighted by Crippen LogP contribution is 2.31. The quantitative estimate of drug-likeness (QED) is 0.771. The summed E-state index contributed by atoms with van der Waals surface area (Å²) in [6.07, 6.45) is 1.91. The summed E-state index contributed by atoms with van der Waals surface area (Å²) in [4.78, 5) is 0. The van der Waals surface area contributed by atoms with E-state index >= 15 is 0 Å². The van der Waals surface area contributed by atoms with Gasteiger partial charge in [-0.15, -0.1) is 0 Å². The molecule has 0 aliphatic carbocycles. The minimum atomic E-state index is -0.290. The van der Waals surface area contributed by atoms with E-state index in [0.29, 0.717) is 11.5 Å². The van der Waals surface area contributed by atoms with E-state index in [9.17, 15) is 4.39 Å². The molecule has 0 radical (unpaired) electrons. The van der Waals surface area contributed by atoms with Gasteiger partial charge in [0.25, 0.3) is 0 Å². The Balaban J connectivity index is 0.000000574. The van der Waals surface area contributed by atoms with Gasteiger partial charge in [-0.25, -0.2) is 4.39 Å². The highest BCUT2D eigenvalue weighted by atomic mass is 19.1. The van der Waals surface area contributed by atoms with E-state index < -0.39 is 0 Å². The Morgan fingerprint density at radius 3 is 2.67 bits per heavy atom. The molecule has 2 aromatic rings. The summed E-state index contributed by atoms with van der Waals surface area (Å²) < 4.78 is 23.4. The second kappa shape index (κ2) is 5.96. The molecule has 0 bridgehead atoms. The predicted molar refractivity (Wildman–Crippen MR) is 68.1 cm³/mol. The van der Waals surface area contributed by atoms with E-state index in [1.807, 2.05) is 13.8 Å². The zero-order chi connectivity index (χ0) is 13.0. The molecule has 1 aromatic heterocycles. The fourth-order valence-electron chi connectivity index (χ4n) is 2.20. The minimum Gasteiger partial charge on any atom is -0.381 e. The summed E-state index contributed by atoms with van der Waals surface area (Å²) in [6.45, 7) is 5.53. The van der Waals surface area contributed by atoms with Gasteiger partial charge in [0.05, 0.1) is 5.69 Å². The molecule has 0 spiro atoms. The number of aromatic nitrogens is 1. The first-order valence-corrected chi connectivity index (χ1v) is 6.47. The molecular formula is C14H18FNO2. The zero-order valence-corrected chi connectivity index (χ0v) is 10.8. The van der Waals surface area contributed by atoms with Crippen LogP contribution in [0.25, 0.3) is 11.0 Å². The molecule has 0 amide bonds. The van der Waals surface area contributed by atoms with Crippen LogP contribution in [0.1, 0.15) is 38.3 Å². The van der Waals surface area contributed by atoms with Crippen molar-refractivity contribution in [1.29, 1.82) is 0 Å². The monoisotopic (exact) mass is 251 g/mol. The summed E-state index contributed by atoms with van der Waals surface area (Å²) >= 11 is 0. The third-order valence-electron chi connectivity index (χ3n) is 3.07. The molecule has 1 aromatic carbocycles. The summed E-state index contributed by atoms with van der Waals surface area (Å²) in [5, 5.41) is 4.99. The van der Waals surface area contributed by atoms with Crippen LogP contribution in [0.3, 0.4) is 0 Å². The number of hydrogen-bond donors (Lipinski definition) is 0. The number of ether oxygens (including phenoxy) is 1. The molecule has 18 heavy (non-hydrogen) atoms. The lowest BCUT2D eigenvalue weighted by Crippen LogP contribution is -2.14.